The quantitative estimate of drug-likeness (QED) is 0.806. The number of rotatable bonds is 5. The van der Waals surface area contributed by atoms with Crippen LogP contribution >= 0.6 is 0 Å². The molecule has 0 spiro atoms. The molecule has 0 radical (unpaired) electrons. The largest absolute Gasteiger partial charge is 0.491 e. The first kappa shape index (κ1) is 16.1. The Balaban J connectivity index is 1.88. The third kappa shape index (κ3) is 4.13. The highest BCUT2D eigenvalue weighted by atomic mass is 16.5. The number of ether oxygens (including phenoxy) is 1. The summed E-state index contributed by atoms with van der Waals surface area (Å²) in [5, 5.41) is 2.55. The molecule has 2 amide bonds. The van der Waals surface area contributed by atoms with E-state index in [1.807, 2.05) is 4.90 Å². The topological polar surface area (TPSA) is 84.7 Å². The molecule has 1 heterocycles. The van der Waals surface area contributed by atoms with Crippen LogP contribution in [0, 0.1) is 0 Å². The van der Waals surface area contributed by atoms with Crippen LogP contribution in [0.3, 0.4) is 0 Å². The maximum atomic E-state index is 12.0. The van der Waals surface area contributed by atoms with Gasteiger partial charge in [0.15, 0.2) is 0 Å². The Labute approximate surface area is 130 Å². The maximum absolute atomic E-state index is 12.0. The van der Waals surface area contributed by atoms with Crippen LogP contribution in [-0.2, 0) is 4.79 Å². The van der Waals surface area contributed by atoms with E-state index >= 15 is 0 Å². The molecule has 0 aliphatic carbocycles. The Hall–Kier alpha value is -2.24. The summed E-state index contributed by atoms with van der Waals surface area (Å²) in [7, 11) is 1.57. The molecule has 6 nitrogen and oxygen atoms in total. The van der Waals surface area contributed by atoms with E-state index in [4.69, 9.17) is 10.5 Å². The molecule has 6 heteroatoms. The molecule has 1 aromatic carbocycles. The van der Waals surface area contributed by atoms with Gasteiger partial charge in [0.25, 0.3) is 5.91 Å². The molecule has 0 unspecified atom stereocenters. The SMILES string of the molecule is CNC(=O)c1ccc(N)c(OCCC(=O)N2CCCCC2)c1. The van der Waals surface area contributed by atoms with E-state index in [2.05, 4.69) is 5.32 Å². The lowest BCUT2D eigenvalue weighted by atomic mass is 10.1. The predicted molar refractivity (Wildman–Crippen MR) is 84.8 cm³/mol. The first-order valence-electron chi connectivity index (χ1n) is 7.64. The number of carbonyl (C=O) groups is 2. The minimum Gasteiger partial charge on any atom is -0.491 e. The Morgan fingerprint density at radius 1 is 1.27 bits per heavy atom. The predicted octanol–water partition coefficient (Wildman–Crippen LogP) is 1.41. The van der Waals surface area contributed by atoms with Crippen LogP contribution in [0.2, 0.25) is 0 Å². The molecule has 1 fully saturated rings. The van der Waals surface area contributed by atoms with Crippen molar-refractivity contribution in [2.24, 2.45) is 0 Å². The molecule has 1 aliphatic heterocycles. The van der Waals surface area contributed by atoms with Crippen LogP contribution < -0.4 is 15.8 Å². The van der Waals surface area contributed by atoms with Gasteiger partial charge in [0.1, 0.15) is 5.75 Å². The second-order valence-electron chi connectivity index (χ2n) is 5.37. The van der Waals surface area contributed by atoms with Gasteiger partial charge in [-0.25, -0.2) is 0 Å². The number of nitrogens with two attached hydrogens (primary N) is 1. The van der Waals surface area contributed by atoms with Gasteiger partial charge < -0.3 is 20.7 Å². The lowest BCUT2D eigenvalue weighted by molar-refractivity contribution is -0.132. The molecule has 1 aromatic rings. The Morgan fingerprint density at radius 3 is 2.68 bits per heavy atom. The van der Waals surface area contributed by atoms with Gasteiger partial charge in [0.2, 0.25) is 5.91 Å². The molecule has 2 rings (SSSR count). The van der Waals surface area contributed by atoms with Crippen molar-refractivity contribution in [2.75, 3.05) is 32.5 Å². The van der Waals surface area contributed by atoms with Crippen molar-refractivity contribution in [1.29, 1.82) is 0 Å². The molecule has 0 aromatic heterocycles. The molecular formula is C16H23N3O3. The number of nitrogens with zero attached hydrogens (tertiary/aromatic N) is 1. The van der Waals surface area contributed by atoms with Gasteiger partial charge in [-0.2, -0.15) is 0 Å². The molecule has 1 aliphatic rings. The molecule has 3 N–H and O–H groups in total. The molecule has 0 atom stereocenters. The zero-order valence-electron chi connectivity index (χ0n) is 12.9. The van der Waals surface area contributed by atoms with Crippen molar-refractivity contribution in [3.63, 3.8) is 0 Å². The smallest absolute Gasteiger partial charge is 0.251 e. The molecule has 22 heavy (non-hydrogen) atoms. The monoisotopic (exact) mass is 305 g/mol. The first-order valence-corrected chi connectivity index (χ1v) is 7.64. The lowest BCUT2D eigenvalue weighted by Gasteiger charge is -2.26. The summed E-state index contributed by atoms with van der Waals surface area (Å²) in [6.07, 6.45) is 3.67. The van der Waals surface area contributed by atoms with E-state index in [0.717, 1.165) is 25.9 Å². The number of anilines is 1. The summed E-state index contributed by atoms with van der Waals surface area (Å²) >= 11 is 0. The standard InChI is InChI=1S/C16H23N3O3/c1-18-16(21)12-5-6-13(17)14(11-12)22-10-7-15(20)19-8-3-2-4-9-19/h5-6,11H,2-4,7-10,17H2,1H3,(H,18,21). The summed E-state index contributed by atoms with van der Waals surface area (Å²) in [6.45, 7) is 1.94. The summed E-state index contributed by atoms with van der Waals surface area (Å²) in [6, 6.07) is 4.87. The molecule has 120 valence electrons. The van der Waals surface area contributed by atoms with E-state index in [1.165, 1.54) is 6.42 Å². The maximum Gasteiger partial charge on any atom is 0.251 e. The first-order chi connectivity index (χ1) is 10.6. The second kappa shape index (κ2) is 7.68. The minimum atomic E-state index is -0.200. The van der Waals surface area contributed by atoms with Crippen LogP contribution in [0.25, 0.3) is 0 Å². The number of piperidine rings is 1. The fourth-order valence-electron chi connectivity index (χ4n) is 2.49. The van der Waals surface area contributed by atoms with Gasteiger partial charge in [-0.3, -0.25) is 9.59 Å². The van der Waals surface area contributed by atoms with E-state index < -0.39 is 0 Å². The van der Waals surface area contributed by atoms with Crippen LogP contribution in [0.15, 0.2) is 18.2 Å². The van der Waals surface area contributed by atoms with Crippen LogP contribution in [-0.4, -0.2) is 43.5 Å². The Bertz CT molecular complexity index is 539. The molecule has 0 saturated carbocycles. The molecular weight excluding hydrogens is 282 g/mol. The summed E-state index contributed by atoms with van der Waals surface area (Å²) in [4.78, 5) is 25.5. The summed E-state index contributed by atoms with van der Waals surface area (Å²) in [5.74, 6) is 0.350. The zero-order valence-corrected chi connectivity index (χ0v) is 12.9. The summed E-state index contributed by atoms with van der Waals surface area (Å²) < 4.78 is 5.58. The number of hydrogen-bond donors (Lipinski definition) is 2. The normalized spacial score (nSPS) is 14.5. The van der Waals surface area contributed by atoms with Crippen molar-refractivity contribution >= 4 is 17.5 Å². The minimum absolute atomic E-state index is 0.112. The molecule has 1 saturated heterocycles. The van der Waals surface area contributed by atoms with Crippen molar-refractivity contribution in [3.05, 3.63) is 23.8 Å². The fourth-order valence-corrected chi connectivity index (χ4v) is 2.49. The number of carbonyl (C=O) groups excluding carboxylic acids is 2. The van der Waals surface area contributed by atoms with Gasteiger partial charge in [-0.15, -0.1) is 0 Å². The van der Waals surface area contributed by atoms with Crippen molar-refractivity contribution < 1.29 is 14.3 Å². The fraction of sp³-hybridized carbons (Fsp3) is 0.500. The van der Waals surface area contributed by atoms with Gasteiger partial charge >= 0.3 is 0 Å². The zero-order chi connectivity index (χ0) is 15.9. The van der Waals surface area contributed by atoms with E-state index in [0.29, 0.717) is 23.4 Å². The van der Waals surface area contributed by atoms with Crippen molar-refractivity contribution in [2.45, 2.75) is 25.7 Å². The third-order valence-electron chi connectivity index (χ3n) is 3.79. The van der Waals surface area contributed by atoms with E-state index in [9.17, 15) is 9.59 Å². The Kier molecular flexibility index (Phi) is 5.63. The highest BCUT2D eigenvalue weighted by molar-refractivity contribution is 5.95. The van der Waals surface area contributed by atoms with Gasteiger partial charge in [-0.1, -0.05) is 0 Å². The van der Waals surface area contributed by atoms with Gasteiger partial charge in [0, 0.05) is 25.7 Å². The van der Waals surface area contributed by atoms with Crippen molar-refractivity contribution in [3.8, 4) is 5.75 Å². The lowest BCUT2D eigenvalue weighted by Crippen LogP contribution is -2.36. The van der Waals surface area contributed by atoms with Crippen LogP contribution in [0.5, 0.6) is 5.75 Å². The van der Waals surface area contributed by atoms with Gasteiger partial charge in [-0.05, 0) is 37.5 Å². The average molecular weight is 305 g/mol. The number of nitrogen functional groups attached to an aromatic ring is 1. The molecule has 0 bridgehead atoms. The highest BCUT2D eigenvalue weighted by Crippen LogP contribution is 2.23. The van der Waals surface area contributed by atoms with E-state index in [1.54, 1.807) is 25.2 Å². The number of likely N-dealkylation sites (tertiary alicyclic amines) is 1. The average Bonchev–Trinajstić information content (AvgIpc) is 2.56. The van der Waals surface area contributed by atoms with E-state index in [-0.39, 0.29) is 18.4 Å². The number of amides is 2. The number of benzene rings is 1. The second-order valence-corrected chi connectivity index (χ2v) is 5.37. The van der Waals surface area contributed by atoms with Gasteiger partial charge in [0.05, 0.1) is 18.7 Å². The third-order valence-corrected chi connectivity index (χ3v) is 3.79. The van der Waals surface area contributed by atoms with Crippen LogP contribution in [0.4, 0.5) is 5.69 Å². The number of nitrogens with one attached hydrogen (secondary N) is 1. The Morgan fingerprint density at radius 2 is 2.00 bits per heavy atom. The number of hydrogen-bond acceptors (Lipinski definition) is 4. The van der Waals surface area contributed by atoms with Crippen molar-refractivity contribution in [1.82, 2.24) is 10.2 Å². The highest BCUT2D eigenvalue weighted by Gasteiger charge is 2.16. The van der Waals surface area contributed by atoms with Crippen LogP contribution in [0.1, 0.15) is 36.0 Å². The summed E-state index contributed by atoms with van der Waals surface area (Å²) in [5.41, 5.74) is 6.78.